The van der Waals surface area contributed by atoms with Gasteiger partial charge < -0.3 is 29.3 Å². The molecule has 39 heavy (non-hydrogen) atoms. The number of halogens is 2. The van der Waals surface area contributed by atoms with Crippen molar-refractivity contribution in [2.45, 2.75) is 44.9 Å². The summed E-state index contributed by atoms with van der Waals surface area (Å²) >= 11 is 6.28. The molecule has 0 saturated carbocycles. The van der Waals surface area contributed by atoms with Crippen LogP contribution in [0.4, 0.5) is 26.5 Å². The molecule has 3 aliphatic rings. The third kappa shape index (κ3) is 5.12. The molecule has 0 radical (unpaired) electrons. The van der Waals surface area contributed by atoms with Crippen LogP contribution >= 0.6 is 11.6 Å². The van der Waals surface area contributed by atoms with E-state index in [4.69, 9.17) is 30.8 Å². The zero-order valence-electron chi connectivity index (χ0n) is 22.0. The van der Waals surface area contributed by atoms with E-state index in [9.17, 15) is 4.79 Å². The molecule has 3 aromatic rings. The fourth-order valence-electron chi connectivity index (χ4n) is 5.13. The van der Waals surface area contributed by atoms with Crippen LogP contribution in [-0.4, -0.2) is 76.5 Å². The smallest absolute Gasteiger partial charge is 0.410 e. The summed E-state index contributed by atoms with van der Waals surface area (Å²) in [7, 11) is 0. The molecule has 1 aromatic carbocycles. The van der Waals surface area contributed by atoms with Crippen LogP contribution in [0, 0.1) is 11.7 Å². The first-order valence-corrected chi connectivity index (χ1v) is 13.4. The van der Waals surface area contributed by atoms with Crippen molar-refractivity contribution < 1.29 is 23.4 Å². The van der Waals surface area contributed by atoms with Crippen molar-refractivity contribution >= 4 is 46.1 Å². The molecule has 2 bridgehead atoms. The van der Waals surface area contributed by atoms with E-state index in [-0.39, 0.29) is 34.6 Å². The highest BCUT2D eigenvalue weighted by molar-refractivity contribution is 6.32. The highest BCUT2D eigenvalue weighted by atomic mass is 35.5. The number of anilines is 3. The number of carbonyl (C=O) groups is 1. The van der Waals surface area contributed by atoms with Gasteiger partial charge in [0.2, 0.25) is 0 Å². The lowest BCUT2D eigenvalue weighted by Gasteiger charge is -2.35. The van der Waals surface area contributed by atoms with Crippen molar-refractivity contribution in [2.24, 2.45) is 5.92 Å². The maximum Gasteiger partial charge on any atom is 0.410 e. The molecular formula is C27H30ClFN6O4. The van der Waals surface area contributed by atoms with Gasteiger partial charge in [0.1, 0.15) is 34.0 Å². The summed E-state index contributed by atoms with van der Waals surface area (Å²) in [6.45, 7) is 8.51. The molecule has 10 nitrogen and oxygen atoms in total. The minimum absolute atomic E-state index is 0.0563. The number of fused-ring (bicyclic) bond motifs is 3. The molecule has 3 saturated heterocycles. The van der Waals surface area contributed by atoms with E-state index < -0.39 is 11.4 Å². The second-order valence-corrected chi connectivity index (χ2v) is 11.5. The van der Waals surface area contributed by atoms with Gasteiger partial charge in [-0.05, 0) is 51.5 Å². The normalized spacial score (nSPS) is 20.8. The first kappa shape index (κ1) is 25.8. The molecule has 2 aromatic heterocycles. The summed E-state index contributed by atoms with van der Waals surface area (Å²) in [6.07, 6.45) is 1.97. The molecule has 0 aliphatic carbocycles. The molecule has 3 fully saturated rings. The van der Waals surface area contributed by atoms with Crippen LogP contribution in [0.2, 0.25) is 5.02 Å². The number of hydrogen-bond acceptors (Lipinski definition) is 9. The lowest BCUT2D eigenvalue weighted by atomic mass is 10.1. The fraction of sp³-hybridized carbons (Fsp3) is 0.481. The first-order valence-electron chi connectivity index (χ1n) is 13.0. The van der Waals surface area contributed by atoms with Crippen LogP contribution in [0.5, 0.6) is 5.75 Å². The van der Waals surface area contributed by atoms with Crippen molar-refractivity contribution in [3.63, 3.8) is 0 Å². The Morgan fingerprint density at radius 2 is 2.00 bits per heavy atom. The SMILES string of the molecule is CC(C)(C)OC(=O)N1C[C@@H]2C[C@H]1CN2c1ccc2ncnc(Nc3ccc(OCC4COC4)c(Cl)c3F)c2n1. The van der Waals surface area contributed by atoms with E-state index in [1.807, 2.05) is 37.8 Å². The molecule has 6 rings (SSSR count). The predicted octanol–water partition coefficient (Wildman–Crippen LogP) is 4.78. The molecule has 3 aliphatic heterocycles. The summed E-state index contributed by atoms with van der Waals surface area (Å²) in [6, 6.07) is 7.16. The number of likely N-dealkylation sites (tertiary alicyclic amines) is 1. The first-order chi connectivity index (χ1) is 18.7. The summed E-state index contributed by atoms with van der Waals surface area (Å²) in [5, 5.41) is 2.93. The van der Waals surface area contributed by atoms with Crippen molar-refractivity contribution in [3.05, 3.63) is 41.4 Å². The number of piperazine rings is 1. The summed E-state index contributed by atoms with van der Waals surface area (Å²) in [5.41, 5.74) is 0.734. The standard InChI is InChI=1S/C27H30ClFN6O4/c1-27(2,3)39-26(36)35-10-16-8-17(35)9-34(16)21-7-5-19-24(33-21)25(31-14-30-19)32-18-4-6-20(22(28)23(18)29)38-13-15-11-37-12-15/h4-7,14-17H,8-13H2,1-3H3,(H,30,31,32)/t16-,17-/m0/s1. The van der Waals surface area contributed by atoms with E-state index >= 15 is 4.39 Å². The molecule has 0 unspecified atom stereocenters. The number of rotatable bonds is 6. The Bertz CT molecular complexity index is 1420. The van der Waals surface area contributed by atoms with Crippen LogP contribution in [0.1, 0.15) is 27.2 Å². The van der Waals surface area contributed by atoms with Gasteiger partial charge in [-0.15, -0.1) is 0 Å². The topological polar surface area (TPSA) is 102 Å². The molecular weight excluding hydrogens is 527 g/mol. The second kappa shape index (κ2) is 9.95. The predicted molar refractivity (Wildman–Crippen MR) is 144 cm³/mol. The maximum atomic E-state index is 15.2. The minimum atomic E-state index is -0.638. The van der Waals surface area contributed by atoms with Gasteiger partial charge in [0.05, 0.1) is 43.1 Å². The van der Waals surface area contributed by atoms with Crippen LogP contribution in [0.3, 0.4) is 0 Å². The molecule has 0 spiro atoms. The van der Waals surface area contributed by atoms with E-state index in [0.717, 1.165) is 12.2 Å². The minimum Gasteiger partial charge on any atom is -0.491 e. The zero-order valence-corrected chi connectivity index (χ0v) is 22.7. The molecule has 1 N–H and O–H groups in total. The average Bonchev–Trinajstić information content (AvgIpc) is 3.48. The van der Waals surface area contributed by atoms with Gasteiger partial charge >= 0.3 is 6.09 Å². The molecule has 206 valence electrons. The summed E-state index contributed by atoms with van der Waals surface area (Å²) < 4.78 is 31.6. The monoisotopic (exact) mass is 556 g/mol. The van der Waals surface area contributed by atoms with Crippen LogP contribution in [-0.2, 0) is 9.47 Å². The fourth-order valence-corrected chi connectivity index (χ4v) is 5.35. The number of nitrogens with one attached hydrogen (secondary N) is 1. The van der Waals surface area contributed by atoms with Crippen molar-refractivity contribution in [3.8, 4) is 5.75 Å². The largest absolute Gasteiger partial charge is 0.491 e. The molecule has 12 heteroatoms. The highest BCUT2D eigenvalue weighted by Gasteiger charge is 2.47. The van der Waals surface area contributed by atoms with Gasteiger partial charge in [-0.2, -0.15) is 0 Å². The van der Waals surface area contributed by atoms with Gasteiger partial charge in [0.15, 0.2) is 11.6 Å². The van der Waals surface area contributed by atoms with Gasteiger partial charge in [-0.1, -0.05) is 11.6 Å². The number of amides is 1. The third-order valence-corrected chi connectivity index (χ3v) is 7.46. The van der Waals surface area contributed by atoms with Crippen LogP contribution in [0.25, 0.3) is 11.0 Å². The quantitative estimate of drug-likeness (QED) is 0.459. The summed E-state index contributed by atoms with van der Waals surface area (Å²) in [5.74, 6) is 1.04. The number of benzene rings is 1. The van der Waals surface area contributed by atoms with Crippen molar-refractivity contribution in [1.29, 1.82) is 0 Å². The zero-order chi connectivity index (χ0) is 27.3. The van der Waals surface area contributed by atoms with Gasteiger partial charge in [0, 0.05) is 19.0 Å². The Labute approximate surface area is 230 Å². The molecule has 2 atom stereocenters. The van der Waals surface area contributed by atoms with Gasteiger partial charge in [-0.25, -0.2) is 24.1 Å². The second-order valence-electron chi connectivity index (χ2n) is 11.2. The number of pyridine rings is 1. The van der Waals surface area contributed by atoms with E-state index in [1.54, 1.807) is 12.1 Å². The Balaban J connectivity index is 1.20. The Hall–Kier alpha value is -3.44. The Morgan fingerprint density at radius 1 is 1.18 bits per heavy atom. The van der Waals surface area contributed by atoms with Gasteiger partial charge in [0.25, 0.3) is 0 Å². The maximum absolute atomic E-state index is 15.2. The van der Waals surface area contributed by atoms with E-state index in [2.05, 4.69) is 20.2 Å². The van der Waals surface area contributed by atoms with Crippen LogP contribution in [0.15, 0.2) is 30.6 Å². The third-order valence-electron chi connectivity index (χ3n) is 7.11. The molecule has 5 heterocycles. The van der Waals surface area contributed by atoms with Crippen molar-refractivity contribution in [1.82, 2.24) is 19.9 Å². The highest BCUT2D eigenvalue weighted by Crippen LogP contribution is 2.37. The summed E-state index contributed by atoms with van der Waals surface area (Å²) in [4.78, 5) is 30.1. The van der Waals surface area contributed by atoms with E-state index in [0.29, 0.717) is 55.7 Å². The van der Waals surface area contributed by atoms with Crippen molar-refractivity contribution in [2.75, 3.05) is 43.1 Å². The van der Waals surface area contributed by atoms with Gasteiger partial charge in [-0.3, -0.25) is 0 Å². The number of hydrogen-bond donors (Lipinski definition) is 1. The Morgan fingerprint density at radius 3 is 2.69 bits per heavy atom. The van der Waals surface area contributed by atoms with Crippen LogP contribution < -0.4 is 15.0 Å². The number of ether oxygens (including phenoxy) is 3. The lowest BCUT2D eigenvalue weighted by molar-refractivity contribution is -0.0508. The number of carbonyl (C=O) groups excluding carboxylic acids is 1. The average molecular weight is 557 g/mol. The van der Waals surface area contributed by atoms with E-state index in [1.165, 1.54) is 6.33 Å². The lowest BCUT2D eigenvalue weighted by Crippen LogP contribution is -2.50. The number of aromatic nitrogens is 3. The molecule has 1 amide bonds. The number of nitrogens with zero attached hydrogens (tertiary/aromatic N) is 5. The Kier molecular flexibility index (Phi) is 6.58.